The highest BCUT2D eigenvalue weighted by molar-refractivity contribution is 7.29. The average molecular weight is 532 g/mol. The van der Waals surface area contributed by atoms with Gasteiger partial charge in [0.2, 0.25) is 5.13 Å². The van der Waals surface area contributed by atoms with Crippen molar-refractivity contribution in [2.75, 3.05) is 24.6 Å². The fourth-order valence-electron chi connectivity index (χ4n) is 3.89. The van der Waals surface area contributed by atoms with Gasteiger partial charge in [-0.3, -0.25) is 4.79 Å². The lowest BCUT2D eigenvalue weighted by atomic mass is 10.1. The van der Waals surface area contributed by atoms with Gasteiger partial charge in [0.1, 0.15) is 10.6 Å². The summed E-state index contributed by atoms with van der Waals surface area (Å²) in [7, 11) is 0. The molecule has 0 aliphatic rings. The number of rotatable bonds is 14. The summed E-state index contributed by atoms with van der Waals surface area (Å²) < 4.78 is 6.77. The Labute approximate surface area is 225 Å². The van der Waals surface area contributed by atoms with Crippen LogP contribution < -0.4 is 9.64 Å². The highest BCUT2D eigenvalue weighted by Crippen LogP contribution is 2.34. The topological polar surface area (TPSA) is 90.9 Å². The number of benzene rings is 2. The molecule has 0 bridgehead atoms. The third kappa shape index (κ3) is 7.68. The number of carbonyl (C=O) groups excluding carboxylic acids is 1. The second-order valence-corrected chi connectivity index (χ2v) is 10.5. The minimum Gasteiger partial charge on any atom is -0.494 e. The lowest BCUT2D eigenvalue weighted by molar-refractivity contribution is 0.112. The number of aromatic nitrogens is 1. The molecule has 0 atom stereocenters. The molecule has 0 aliphatic carbocycles. The molecule has 2 aromatic heterocycles. The van der Waals surface area contributed by atoms with Gasteiger partial charge in [-0.25, -0.2) is 4.98 Å². The third-order valence-electron chi connectivity index (χ3n) is 5.86. The number of nitriles is 1. The Bertz CT molecular complexity index is 1320. The number of unbranched alkanes of at least 4 members (excludes halogenated alkanes) is 3. The van der Waals surface area contributed by atoms with E-state index in [4.69, 9.17) is 10.00 Å². The lowest BCUT2D eigenvalue weighted by Gasteiger charge is -2.23. The van der Waals surface area contributed by atoms with E-state index in [1.165, 1.54) is 28.4 Å². The monoisotopic (exact) mass is 531 g/mol. The van der Waals surface area contributed by atoms with Crippen LogP contribution in [0.2, 0.25) is 0 Å². The van der Waals surface area contributed by atoms with E-state index in [-0.39, 0.29) is 0 Å². The Hall–Kier alpha value is -3.61. The normalized spacial score (nSPS) is 11.1. The van der Waals surface area contributed by atoms with Crippen molar-refractivity contribution in [1.82, 2.24) is 4.98 Å². The second-order valence-electron chi connectivity index (χ2n) is 8.47. The number of nitrogens with zero attached hydrogens (tertiary/aromatic N) is 5. The first-order valence-electron chi connectivity index (χ1n) is 12.4. The van der Waals surface area contributed by atoms with E-state index >= 15 is 0 Å². The Balaban J connectivity index is 1.16. The number of hydrogen-bond acceptors (Lipinski definition) is 9. The summed E-state index contributed by atoms with van der Waals surface area (Å²) >= 11 is 2.80. The molecule has 0 amide bonds. The minimum absolute atomic E-state index is 0.433. The quantitative estimate of drug-likeness (QED) is 0.0931. The zero-order valence-electron chi connectivity index (χ0n) is 20.8. The number of fused-ring (bicyclic) bond motifs is 1. The Morgan fingerprint density at radius 3 is 2.51 bits per heavy atom. The zero-order valence-corrected chi connectivity index (χ0v) is 22.4. The van der Waals surface area contributed by atoms with E-state index in [2.05, 4.69) is 45.2 Å². The van der Waals surface area contributed by atoms with Gasteiger partial charge in [-0.1, -0.05) is 36.3 Å². The zero-order chi connectivity index (χ0) is 25.9. The van der Waals surface area contributed by atoms with Crippen LogP contribution in [0.3, 0.4) is 0 Å². The molecule has 4 rings (SSSR count). The van der Waals surface area contributed by atoms with Gasteiger partial charge in [-0.2, -0.15) is 5.26 Å². The summed E-state index contributed by atoms with van der Waals surface area (Å²) in [6.45, 7) is 4.85. The van der Waals surface area contributed by atoms with E-state index in [1.807, 2.05) is 42.5 Å². The SMILES string of the molecule is CCN(CCCCCCOc1ccc(CC#N)cc1)c1ccc(/N=N/c2nc3sc(C=O)cc3s2)cc1. The molecular weight excluding hydrogens is 502 g/mol. The van der Waals surface area contributed by atoms with E-state index in [0.717, 1.165) is 71.6 Å². The van der Waals surface area contributed by atoms with Gasteiger partial charge in [-0.15, -0.1) is 21.6 Å². The molecule has 7 nitrogen and oxygen atoms in total. The van der Waals surface area contributed by atoms with Crippen LogP contribution in [-0.2, 0) is 6.42 Å². The van der Waals surface area contributed by atoms with Crippen LogP contribution in [0.15, 0.2) is 64.8 Å². The summed E-state index contributed by atoms with van der Waals surface area (Å²) in [6, 6.07) is 19.9. The Morgan fingerprint density at radius 1 is 1.03 bits per heavy atom. The van der Waals surface area contributed by atoms with E-state index in [9.17, 15) is 4.79 Å². The van der Waals surface area contributed by atoms with Gasteiger partial charge in [0.15, 0.2) is 6.29 Å². The van der Waals surface area contributed by atoms with Crippen molar-refractivity contribution < 1.29 is 9.53 Å². The van der Waals surface area contributed by atoms with Crippen LogP contribution in [0.4, 0.5) is 16.5 Å². The molecule has 190 valence electrons. The molecule has 0 fully saturated rings. The molecule has 0 saturated carbocycles. The number of ether oxygens (including phenoxy) is 1. The molecule has 2 heterocycles. The van der Waals surface area contributed by atoms with Crippen molar-refractivity contribution in [3.05, 3.63) is 65.0 Å². The van der Waals surface area contributed by atoms with Crippen molar-refractivity contribution in [3.63, 3.8) is 0 Å². The molecule has 9 heteroatoms. The summed E-state index contributed by atoms with van der Waals surface area (Å²) in [5, 5.41) is 17.9. The van der Waals surface area contributed by atoms with E-state index in [1.54, 1.807) is 0 Å². The second kappa shape index (κ2) is 13.6. The van der Waals surface area contributed by atoms with Gasteiger partial charge in [0, 0.05) is 18.8 Å². The molecule has 0 N–H and O–H groups in total. The number of thiazole rings is 1. The Kier molecular flexibility index (Phi) is 9.74. The highest BCUT2D eigenvalue weighted by atomic mass is 32.1. The molecule has 2 aromatic carbocycles. The fourth-order valence-corrected chi connectivity index (χ4v) is 5.74. The fraction of sp³-hybridized carbons (Fsp3) is 0.321. The van der Waals surface area contributed by atoms with Gasteiger partial charge >= 0.3 is 0 Å². The third-order valence-corrected chi connectivity index (χ3v) is 7.83. The average Bonchev–Trinajstić information content (AvgIpc) is 3.49. The standard InChI is InChI=1S/C28H29N5O2S2/c1-2-33(17-5-3-4-6-18-35-24-13-7-21(8-14-24)15-16-29)23-11-9-22(10-12-23)31-32-28-30-27-26(37-28)19-25(20-34)36-27/h7-14,19-20H,2-6,15,17-18H2,1H3/b32-31+. The molecule has 4 aromatic rings. The van der Waals surface area contributed by atoms with Gasteiger partial charge in [0.25, 0.3) is 0 Å². The highest BCUT2D eigenvalue weighted by Gasteiger charge is 2.08. The maximum absolute atomic E-state index is 10.9. The lowest BCUT2D eigenvalue weighted by Crippen LogP contribution is -2.23. The smallest absolute Gasteiger partial charge is 0.231 e. The number of anilines is 1. The number of carbonyl (C=O) groups is 1. The number of thiophene rings is 1. The molecule has 0 saturated heterocycles. The maximum atomic E-state index is 10.9. The van der Waals surface area contributed by atoms with Crippen molar-refractivity contribution in [2.24, 2.45) is 10.2 Å². The van der Waals surface area contributed by atoms with Gasteiger partial charge in [0.05, 0.1) is 34.4 Å². The minimum atomic E-state index is 0.433. The molecule has 0 spiro atoms. The number of aldehydes is 1. The molecule has 37 heavy (non-hydrogen) atoms. The van der Waals surface area contributed by atoms with Gasteiger partial charge in [-0.05, 0) is 67.8 Å². The first-order valence-corrected chi connectivity index (χ1v) is 14.0. The first-order chi connectivity index (χ1) is 18.2. The van der Waals surface area contributed by atoms with Crippen molar-refractivity contribution in [3.8, 4) is 11.8 Å². The number of azo groups is 1. The predicted molar refractivity (Wildman–Crippen MR) is 151 cm³/mol. The summed E-state index contributed by atoms with van der Waals surface area (Å²) in [6.07, 6.45) is 5.73. The molecule has 0 radical (unpaired) electrons. The molecule has 0 aliphatic heterocycles. The van der Waals surface area contributed by atoms with Crippen LogP contribution in [0, 0.1) is 11.3 Å². The maximum Gasteiger partial charge on any atom is 0.231 e. The molecular formula is C28H29N5O2S2. The van der Waals surface area contributed by atoms with Crippen LogP contribution in [0.1, 0.15) is 47.8 Å². The van der Waals surface area contributed by atoms with Crippen molar-refractivity contribution >= 4 is 55.0 Å². The van der Waals surface area contributed by atoms with E-state index < -0.39 is 0 Å². The van der Waals surface area contributed by atoms with Crippen LogP contribution in [0.5, 0.6) is 5.75 Å². The van der Waals surface area contributed by atoms with Crippen molar-refractivity contribution in [1.29, 1.82) is 5.26 Å². The molecule has 0 unspecified atom stereocenters. The van der Waals surface area contributed by atoms with Crippen LogP contribution in [0.25, 0.3) is 9.53 Å². The largest absolute Gasteiger partial charge is 0.494 e. The van der Waals surface area contributed by atoms with Crippen LogP contribution in [-0.4, -0.2) is 31.0 Å². The first kappa shape index (κ1) is 26.5. The Morgan fingerprint density at radius 2 is 1.81 bits per heavy atom. The van der Waals surface area contributed by atoms with Crippen LogP contribution >= 0.6 is 22.7 Å². The summed E-state index contributed by atoms with van der Waals surface area (Å²) in [4.78, 5) is 19.2. The predicted octanol–water partition coefficient (Wildman–Crippen LogP) is 8.12. The number of hydrogen-bond donors (Lipinski definition) is 0. The summed E-state index contributed by atoms with van der Waals surface area (Å²) in [5.74, 6) is 0.862. The summed E-state index contributed by atoms with van der Waals surface area (Å²) in [5.41, 5.74) is 2.98. The van der Waals surface area contributed by atoms with Gasteiger partial charge < -0.3 is 9.64 Å². The van der Waals surface area contributed by atoms with E-state index in [0.29, 0.717) is 23.0 Å². The van der Waals surface area contributed by atoms with Crippen molar-refractivity contribution in [2.45, 2.75) is 39.0 Å².